The number of anilines is 2. The maximum absolute atomic E-state index is 11.3. The van der Waals surface area contributed by atoms with Gasteiger partial charge in [-0.2, -0.15) is 0 Å². The number of aryl methyl sites for hydroxylation is 1. The van der Waals surface area contributed by atoms with Crippen LogP contribution in [0, 0.1) is 6.92 Å². The number of fused-ring (bicyclic) bond motifs is 2. The summed E-state index contributed by atoms with van der Waals surface area (Å²) < 4.78 is 0. The zero-order valence-corrected chi connectivity index (χ0v) is 19.2. The predicted molar refractivity (Wildman–Crippen MR) is 128 cm³/mol. The van der Waals surface area contributed by atoms with Crippen LogP contribution in [0.2, 0.25) is 0 Å². The van der Waals surface area contributed by atoms with Crippen LogP contribution in [-0.4, -0.2) is 74.6 Å². The molecule has 0 unspecified atom stereocenters. The molecule has 4 rings (SSSR count). The Kier molecular flexibility index (Phi) is 7.50. The van der Waals surface area contributed by atoms with Crippen LogP contribution < -0.4 is 16.0 Å². The van der Waals surface area contributed by atoms with Crippen molar-refractivity contribution in [3.63, 3.8) is 0 Å². The first-order valence-corrected chi connectivity index (χ1v) is 12.0. The van der Waals surface area contributed by atoms with Crippen LogP contribution in [0.4, 0.5) is 11.4 Å². The first kappa shape index (κ1) is 22.1. The van der Waals surface area contributed by atoms with E-state index in [1.807, 2.05) is 11.8 Å². The molecule has 1 fully saturated rings. The van der Waals surface area contributed by atoms with Crippen molar-refractivity contribution in [1.29, 1.82) is 0 Å². The van der Waals surface area contributed by atoms with E-state index >= 15 is 0 Å². The molecule has 1 saturated heterocycles. The van der Waals surface area contributed by atoms with Crippen molar-refractivity contribution < 1.29 is 4.79 Å². The molecule has 7 heteroatoms. The molecule has 0 radical (unpaired) electrons. The van der Waals surface area contributed by atoms with Crippen LogP contribution >= 0.6 is 11.8 Å². The molecule has 0 bridgehead atoms. The minimum atomic E-state index is -0.0758. The zero-order chi connectivity index (χ0) is 21.6. The molecule has 2 heterocycles. The molecule has 166 valence electrons. The van der Waals surface area contributed by atoms with Gasteiger partial charge in [0.1, 0.15) is 0 Å². The van der Waals surface area contributed by atoms with Gasteiger partial charge in [0.05, 0.1) is 17.9 Å². The highest BCUT2D eigenvalue weighted by Crippen LogP contribution is 2.48. The molecule has 2 aromatic carbocycles. The van der Waals surface area contributed by atoms with E-state index in [1.165, 1.54) is 26.7 Å². The maximum atomic E-state index is 11.3. The first-order valence-electron chi connectivity index (χ1n) is 11.2. The van der Waals surface area contributed by atoms with Gasteiger partial charge in [0.2, 0.25) is 5.91 Å². The third-order valence-electron chi connectivity index (χ3n) is 6.04. The van der Waals surface area contributed by atoms with Crippen molar-refractivity contribution in [1.82, 2.24) is 15.1 Å². The average Bonchev–Trinajstić information content (AvgIpc) is 2.79. The molecular weight excluding hydrogens is 406 g/mol. The molecule has 2 aliphatic heterocycles. The summed E-state index contributed by atoms with van der Waals surface area (Å²) in [5.41, 5.74) is 9.31. The fraction of sp³-hybridized carbons (Fsp3) is 0.458. The maximum Gasteiger partial charge on any atom is 0.233 e. The highest BCUT2D eigenvalue weighted by atomic mass is 32.2. The SMILES string of the molecule is Cc1ccc2c(c1)N(CCCN1CCN(CCNC(=O)CN)CC1)c1ccccc1S2. The average molecular weight is 440 g/mol. The van der Waals surface area contributed by atoms with E-state index in [1.54, 1.807) is 0 Å². The van der Waals surface area contributed by atoms with E-state index in [0.717, 1.165) is 52.2 Å². The Morgan fingerprint density at radius 2 is 1.68 bits per heavy atom. The van der Waals surface area contributed by atoms with Gasteiger partial charge in [-0.15, -0.1) is 0 Å². The Hall–Kier alpha value is -2.06. The number of carbonyl (C=O) groups is 1. The third kappa shape index (κ3) is 5.60. The number of hydrogen-bond acceptors (Lipinski definition) is 6. The standard InChI is InChI=1S/C24H33N5OS/c1-19-7-8-23-21(17-19)29(20-5-2-3-6-22(20)31-23)11-4-10-27-13-15-28(16-14-27)12-9-26-24(30)18-25/h2-3,5-8,17H,4,9-16,18,25H2,1H3,(H,26,30). The number of benzene rings is 2. The molecule has 2 aromatic rings. The van der Waals surface area contributed by atoms with Crippen molar-refractivity contribution in [2.75, 3.05) is 63.8 Å². The normalized spacial score (nSPS) is 16.6. The molecular formula is C24H33N5OS. The smallest absolute Gasteiger partial charge is 0.233 e. The number of nitrogens with zero attached hydrogens (tertiary/aromatic N) is 3. The van der Waals surface area contributed by atoms with Crippen molar-refractivity contribution in [3.05, 3.63) is 48.0 Å². The van der Waals surface area contributed by atoms with Gasteiger partial charge >= 0.3 is 0 Å². The minimum absolute atomic E-state index is 0.0675. The number of nitrogens with two attached hydrogens (primary N) is 1. The molecule has 2 aliphatic rings. The molecule has 0 aliphatic carbocycles. The number of hydrogen-bond donors (Lipinski definition) is 2. The topological polar surface area (TPSA) is 64.8 Å². The number of nitrogens with one attached hydrogen (secondary N) is 1. The summed E-state index contributed by atoms with van der Waals surface area (Å²) in [5.74, 6) is -0.0758. The number of rotatable bonds is 8. The Labute approximate surface area is 189 Å². The van der Waals surface area contributed by atoms with Crippen LogP contribution in [0.25, 0.3) is 0 Å². The fourth-order valence-corrected chi connectivity index (χ4v) is 5.37. The second kappa shape index (κ2) is 10.5. The molecule has 31 heavy (non-hydrogen) atoms. The van der Waals surface area contributed by atoms with Crippen molar-refractivity contribution in [2.24, 2.45) is 5.73 Å². The first-order chi connectivity index (χ1) is 15.1. The van der Waals surface area contributed by atoms with Gasteiger partial charge in [-0.05, 0) is 49.7 Å². The number of amides is 1. The molecule has 0 atom stereocenters. The Bertz CT molecular complexity index is 897. The van der Waals surface area contributed by atoms with Gasteiger partial charge < -0.3 is 20.9 Å². The van der Waals surface area contributed by atoms with Gasteiger partial charge in [-0.1, -0.05) is 30.0 Å². The van der Waals surface area contributed by atoms with Crippen molar-refractivity contribution in [3.8, 4) is 0 Å². The molecule has 0 saturated carbocycles. The van der Waals surface area contributed by atoms with Crippen LogP contribution in [-0.2, 0) is 4.79 Å². The summed E-state index contributed by atoms with van der Waals surface area (Å²) in [6.07, 6.45) is 1.14. The fourth-order valence-electron chi connectivity index (χ4n) is 4.29. The Morgan fingerprint density at radius 1 is 0.968 bits per heavy atom. The van der Waals surface area contributed by atoms with E-state index in [2.05, 4.69) is 69.4 Å². The lowest BCUT2D eigenvalue weighted by Gasteiger charge is -2.36. The van der Waals surface area contributed by atoms with Gasteiger partial charge in [-0.25, -0.2) is 0 Å². The number of piperazine rings is 1. The van der Waals surface area contributed by atoms with E-state index in [0.29, 0.717) is 6.54 Å². The van der Waals surface area contributed by atoms with Crippen LogP contribution in [0.1, 0.15) is 12.0 Å². The van der Waals surface area contributed by atoms with E-state index < -0.39 is 0 Å². The second-order valence-corrected chi connectivity index (χ2v) is 9.37. The largest absolute Gasteiger partial charge is 0.354 e. The monoisotopic (exact) mass is 439 g/mol. The summed E-state index contributed by atoms with van der Waals surface area (Å²) in [6, 6.07) is 15.5. The zero-order valence-electron chi connectivity index (χ0n) is 18.3. The lowest BCUT2D eigenvalue weighted by atomic mass is 10.1. The van der Waals surface area contributed by atoms with Crippen molar-refractivity contribution >= 4 is 29.0 Å². The van der Waals surface area contributed by atoms with E-state index in [4.69, 9.17) is 5.73 Å². The molecule has 6 nitrogen and oxygen atoms in total. The van der Waals surface area contributed by atoms with Gasteiger partial charge in [0.15, 0.2) is 0 Å². The summed E-state index contributed by atoms with van der Waals surface area (Å²) >= 11 is 1.88. The lowest BCUT2D eigenvalue weighted by molar-refractivity contribution is -0.119. The summed E-state index contributed by atoms with van der Waals surface area (Å²) in [7, 11) is 0. The van der Waals surface area contributed by atoms with Crippen LogP contribution in [0.3, 0.4) is 0 Å². The molecule has 3 N–H and O–H groups in total. The Balaban J connectivity index is 1.28. The quantitative estimate of drug-likeness (QED) is 0.659. The predicted octanol–water partition coefficient (Wildman–Crippen LogP) is 2.68. The highest BCUT2D eigenvalue weighted by molar-refractivity contribution is 7.99. The summed E-state index contributed by atoms with van der Waals surface area (Å²) in [4.78, 5) is 21.4. The van der Waals surface area contributed by atoms with Crippen molar-refractivity contribution in [2.45, 2.75) is 23.1 Å². The summed E-state index contributed by atoms with van der Waals surface area (Å²) in [5, 5.41) is 2.86. The second-order valence-electron chi connectivity index (χ2n) is 8.28. The molecule has 0 aromatic heterocycles. The van der Waals surface area contributed by atoms with Gasteiger partial charge in [-0.3, -0.25) is 9.69 Å². The van der Waals surface area contributed by atoms with E-state index in [-0.39, 0.29) is 12.5 Å². The van der Waals surface area contributed by atoms with Crippen LogP contribution in [0.5, 0.6) is 0 Å². The summed E-state index contributed by atoms with van der Waals surface area (Å²) in [6.45, 7) is 10.3. The third-order valence-corrected chi connectivity index (χ3v) is 7.17. The van der Waals surface area contributed by atoms with Gasteiger partial charge in [0.25, 0.3) is 0 Å². The highest BCUT2D eigenvalue weighted by Gasteiger charge is 2.23. The number of carbonyl (C=O) groups excluding carboxylic acids is 1. The van der Waals surface area contributed by atoms with Crippen LogP contribution in [0.15, 0.2) is 52.3 Å². The minimum Gasteiger partial charge on any atom is -0.354 e. The number of para-hydroxylation sites is 1. The molecule has 0 spiro atoms. The Morgan fingerprint density at radius 3 is 2.45 bits per heavy atom. The lowest BCUT2D eigenvalue weighted by Crippen LogP contribution is -2.49. The van der Waals surface area contributed by atoms with E-state index in [9.17, 15) is 4.79 Å². The van der Waals surface area contributed by atoms with Gasteiger partial charge in [0, 0.05) is 55.6 Å². The molecule has 1 amide bonds.